The summed E-state index contributed by atoms with van der Waals surface area (Å²) in [5, 5.41) is 1.22. The first-order chi connectivity index (χ1) is 14.0. The molecule has 2 aromatic carbocycles. The van der Waals surface area contributed by atoms with Gasteiger partial charge in [-0.3, -0.25) is 9.69 Å². The number of aryl methyl sites for hydroxylation is 1. The van der Waals surface area contributed by atoms with E-state index in [2.05, 4.69) is 39.0 Å². The summed E-state index contributed by atoms with van der Waals surface area (Å²) < 4.78 is 6.95. The number of fused-ring (bicyclic) bond motifs is 1. The van der Waals surface area contributed by atoms with Gasteiger partial charge in [0.05, 0.1) is 22.9 Å². The molecule has 1 aromatic heterocycles. The molecule has 0 saturated carbocycles. The minimum absolute atomic E-state index is 0.0107. The molecule has 0 bridgehead atoms. The van der Waals surface area contributed by atoms with Crippen molar-refractivity contribution in [2.75, 3.05) is 18.1 Å². The van der Waals surface area contributed by atoms with Crippen molar-refractivity contribution >= 4 is 44.4 Å². The normalized spacial score (nSPS) is 16.6. The third-order valence-corrected chi connectivity index (χ3v) is 6.99. The molecule has 6 heteroatoms. The number of aromatic nitrogens is 1. The SMILES string of the molecule is Cc1cccc2sc(N(CC3CCCO3)C(=O)c3cccc(SC(C)C)c3)nc12. The molecule has 1 amide bonds. The van der Waals surface area contributed by atoms with Crippen LogP contribution in [0.4, 0.5) is 5.13 Å². The number of anilines is 1. The van der Waals surface area contributed by atoms with Crippen molar-refractivity contribution in [2.24, 2.45) is 0 Å². The lowest BCUT2D eigenvalue weighted by atomic mass is 10.2. The molecule has 1 fully saturated rings. The van der Waals surface area contributed by atoms with E-state index in [1.54, 1.807) is 23.1 Å². The van der Waals surface area contributed by atoms with Gasteiger partial charge in [-0.2, -0.15) is 0 Å². The molecule has 1 unspecified atom stereocenters. The van der Waals surface area contributed by atoms with Crippen molar-refractivity contribution in [1.29, 1.82) is 0 Å². The summed E-state index contributed by atoms with van der Waals surface area (Å²) >= 11 is 3.34. The Kier molecular flexibility index (Phi) is 6.23. The quantitative estimate of drug-likeness (QED) is 0.458. The Balaban J connectivity index is 1.69. The number of hydrogen-bond donors (Lipinski definition) is 0. The fraction of sp³-hybridized carbons (Fsp3) is 0.391. The molecule has 0 aliphatic carbocycles. The molecule has 152 valence electrons. The second-order valence-electron chi connectivity index (χ2n) is 7.66. The van der Waals surface area contributed by atoms with Crippen molar-refractivity contribution in [3.05, 3.63) is 53.6 Å². The van der Waals surface area contributed by atoms with E-state index in [0.717, 1.165) is 45.3 Å². The van der Waals surface area contributed by atoms with E-state index < -0.39 is 0 Å². The lowest BCUT2D eigenvalue weighted by Gasteiger charge is -2.23. The van der Waals surface area contributed by atoms with Crippen LogP contribution in [-0.2, 0) is 4.74 Å². The summed E-state index contributed by atoms with van der Waals surface area (Å²) in [6.07, 6.45) is 2.10. The molecule has 0 radical (unpaired) electrons. The number of thioether (sulfide) groups is 1. The van der Waals surface area contributed by atoms with Crippen LogP contribution in [0.2, 0.25) is 0 Å². The Labute approximate surface area is 180 Å². The zero-order chi connectivity index (χ0) is 20.4. The van der Waals surface area contributed by atoms with Gasteiger partial charge in [0.1, 0.15) is 0 Å². The minimum atomic E-state index is -0.0107. The zero-order valence-electron chi connectivity index (χ0n) is 17.1. The van der Waals surface area contributed by atoms with Crippen LogP contribution < -0.4 is 4.90 Å². The molecular weight excluding hydrogens is 400 g/mol. The summed E-state index contributed by atoms with van der Waals surface area (Å²) in [5.41, 5.74) is 2.80. The van der Waals surface area contributed by atoms with Crippen LogP contribution in [0.25, 0.3) is 10.2 Å². The smallest absolute Gasteiger partial charge is 0.260 e. The highest BCUT2D eigenvalue weighted by Crippen LogP contribution is 2.33. The lowest BCUT2D eigenvalue weighted by molar-refractivity contribution is 0.0917. The highest BCUT2D eigenvalue weighted by atomic mass is 32.2. The predicted molar refractivity (Wildman–Crippen MR) is 122 cm³/mol. The molecule has 1 aliphatic rings. The van der Waals surface area contributed by atoms with Gasteiger partial charge in [0.15, 0.2) is 5.13 Å². The topological polar surface area (TPSA) is 42.4 Å². The Morgan fingerprint density at radius 3 is 2.86 bits per heavy atom. The van der Waals surface area contributed by atoms with Gasteiger partial charge in [0.2, 0.25) is 0 Å². The van der Waals surface area contributed by atoms with Crippen LogP contribution in [0, 0.1) is 6.92 Å². The maximum Gasteiger partial charge on any atom is 0.260 e. The molecule has 2 heterocycles. The average Bonchev–Trinajstić information content (AvgIpc) is 3.35. The summed E-state index contributed by atoms with van der Waals surface area (Å²) in [4.78, 5) is 21.3. The van der Waals surface area contributed by atoms with Crippen LogP contribution in [0.15, 0.2) is 47.4 Å². The van der Waals surface area contributed by atoms with Crippen molar-refractivity contribution in [3.63, 3.8) is 0 Å². The van der Waals surface area contributed by atoms with Crippen LogP contribution in [0.3, 0.4) is 0 Å². The summed E-state index contributed by atoms with van der Waals surface area (Å²) in [6.45, 7) is 7.69. The van der Waals surface area contributed by atoms with Crippen LogP contribution in [-0.4, -0.2) is 35.4 Å². The fourth-order valence-corrected chi connectivity index (χ4v) is 5.51. The second-order valence-corrected chi connectivity index (χ2v) is 10.3. The van der Waals surface area contributed by atoms with E-state index in [1.807, 2.05) is 29.2 Å². The Bertz CT molecular complexity index is 1010. The standard InChI is InChI=1S/C23H26N2O2S2/c1-15(2)28-19-10-5-8-17(13-19)22(26)25(14-18-9-6-12-27-18)23-24-21-16(3)7-4-11-20(21)29-23/h4-5,7-8,10-11,13,15,18H,6,9,12,14H2,1-3H3. The first-order valence-corrected chi connectivity index (χ1v) is 11.8. The molecule has 1 aliphatic heterocycles. The number of benzene rings is 2. The number of para-hydroxylation sites is 1. The number of hydrogen-bond acceptors (Lipinski definition) is 5. The number of carbonyl (C=O) groups excluding carboxylic acids is 1. The van der Waals surface area contributed by atoms with Gasteiger partial charge >= 0.3 is 0 Å². The maximum atomic E-state index is 13.6. The number of nitrogens with zero attached hydrogens (tertiary/aromatic N) is 2. The van der Waals surface area contributed by atoms with Gasteiger partial charge in [-0.1, -0.05) is 43.4 Å². The van der Waals surface area contributed by atoms with E-state index in [9.17, 15) is 4.79 Å². The maximum absolute atomic E-state index is 13.6. The molecule has 0 N–H and O–H groups in total. The van der Waals surface area contributed by atoms with E-state index in [4.69, 9.17) is 9.72 Å². The van der Waals surface area contributed by atoms with Gasteiger partial charge in [0, 0.05) is 22.3 Å². The Morgan fingerprint density at radius 1 is 1.31 bits per heavy atom. The Hall–Kier alpha value is -1.89. The second kappa shape index (κ2) is 8.86. The third-order valence-electron chi connectivity index (χ3n) is 4.95. The van der Waals surface area contributed by atoms with Crippen molar-refractivity contribution in [2.45, 2.75) is 49.9 Å². The third kappa shape index (κ3) is 4.65. The van der Waals surface area contributed by atoms with Gasteiger partial charge < -0.3 is 4.74 Å². The van der Waals surface area contributed by atoms with Crippen molar-refractivity contribution < 1.29 is 9.53 Å². The zero-order valence-corrected chi connectivity index (χ0v) is 18.7. The number of thiazole rings is 1. The van der Waals surface area contributed by atoms with E-state index in [-0.39, 0.29) is 12.0 Å². The van der Waals surface area contributed by atoms with Crippen LogP contribution in [0.1, 0.15) is 42.6 Å². The van der Waals surface area contributed by atoms with E-state index in [0.29, 0.717) is 17.4 Å². The first kappa shape index (κ1) is 20.4. The molecule has 4 nitrogen and oxygen atoms in total. The van der Waals surface area contributed by atoms with Gasteiger partial charge in [-0.05, 0) is 49.6 Å². The lowest BCUT2D eigenvalue weighted by Crippen LogP contribution is -2.37. The predicted octanol–water partition coefficient (Wildman–Crippen LogP) is 5.93. The molecule has 4 rings (SSSR count). The molecular formula is C23H26N2O2S2. The van der Waals surface area contributed by atoms with Gasteiger partial charge in [0.25, 0.3) is 5.91 Å². The largest absolute Gasteiger partial charge is 0.376 e. The average molecular weight is 427 g/mol. The van der Waals surface area contributed by atoms with E-state index in [1.165, 1.54) is 0 Å². The fourth-order valence-electron chi connectivity index (χ4n) is 3.56. The Morgan fingerprint density at radius 2 is 2.14 bits per heavy atom. The minimum Gasteiger partial charge on any atom is -0.376 e. The van der Waals surface area contributed by atoms with E-state index >= 15 is 0 Å². The molecule has 29 heavy (non-hydrogen) atoms. The summed E-state index contributed by atoms with van der Waals surface area (Å²) in [5.74, 6) is -0.0107. The molecule has 1 atom stereocenters. The monoisotopic (exact) mass is 426 g/mol. The first-order valence-electron chi connectivity index (χ1n) is 10.1. The van der Waals surface area contributed by atoms with Gasteiger partial charge in [-0.25, -0.2) is 4.98 Å². The highest BCUT2D eigenvalue weighted by Gasteiger charge is 2.27. The van der Waals surface area contributed by atoms with Crippen LogP contribution >= 0.6 is 23.1 Å². The summed E-state index contributed by atoms with van der Waals surface area (Å²) in [6, 6.07) is 14.1. The van der Waals surface area contributed by atoms with Gasteiger partial charge in [-0.15, -0.1) is 11.8 Å². The number of amides is 1. The number of rotatable bonds is 6. The number of ether oxygens (including phenoxy) is 1. The van der Waals surface area contributed by atoms with Crippen molar-refractivity contribution in [1.82, 2.24) is 4.98 Å². The molecule has 1 saturated heterocycles. The van der Waals surface area contributed by atoms with Crippen LogP contribution in [0.5, 0.6) is 0 Å². The number of carbonyl (C=O) groups is 1. The highest BCUT2D eigenvalue weighted by molar-refractivity contribution is 7.99. The van der Waals surface area contributed by atoms with Crippen molar-refractivity contribution in [3.8, 4) is 0 Å². The molecule has 3 aromatic rings. The molecule has 0 spiro atoms. The summed E-state index contributed by atoms with van der Waals surface area (Å²) in [7, 11) is 0.